The van der Waals surface area contributed by atoms with Gasteiger partial charge in [-0.2, -0.15) is 0 Å². The Morgan fingerprint density at radius 1 is 1.04 bits per heavy atom. The third kappa shape index (κ3) is 4.30. The highest BCUT2D eigenvalue weighted by Crippen LogP contribution is 2.30. The van der Waals surface area contributed by atoms with Crippen molar-refractivity contribution in [2.24, 2.45) is 0 Å². The van der Waals surface area contributed by atoms with Crippen molar-refractivity contribution >= 4 is 23.4 Å². The Hall–Kier alpha value is -1.78. The Balaban J connectivity index is 1.43. The molecule has 0 aliphatic carbocycles. The zero-order valence-electron chi connectivity index (χ0n) is 15.2. The van der Waals surface area contributed by atoms with Gasteiger partial charge in [-0.25, -0.2) is 0 Å². The molecule has 0 aromatic heterocycles. The first kappa shape index (κ1) is 17.6. The Morgan fingerprint density at radius 3 is 2.81 bits per heavy atom. The molecular weight excluding hydrogens is 340 g/mol. The average Bonchev–Trinajstić information content (AvgIpc) is 2.68. The molecule has 0 spiro atoms. The van der Waals surface area contributed by atoms with Crippen LogP contribution < -0.4 is 5.32 Å². The molecule has 1 fully saturated rings. The Morgan fingerprint density at radius 2 is 1.92 bits per heavy atom. The average molecular weight is 367 g/mol. The molecule has 4 rings (SSSR count). The van der Waals surface area contributed by atoms with Gasteiger partial charge in [-0.3, -0.25) is 9.69 Å². The summed E-state index contributed by atoms with van der Waals surface area (Å²) in [5.74, 6) is 1.17. The molecular formula is C22H26N2OS. The summed E-state index contributed by atoms with van der Waals surface area (Å²) in [7, 11) is 0. The molecule has 2 aliphatic rings. The molecule has 2 heterocycles. The second-order valence-corrected chi connectivity index (χ2v) is 8.40. The number of piperidine rings is 1. The maximum absolute atomic E-state index is 12.7. The van der Waals surface area contributed by atoms with Crippen molar-refractivity contribution in [2.45, 2.75) is 43.5 Å². The van der Waals surface area contributed by atoms with Crippen LogP contribution in [-0.2, 0) is 13.0 Å². The highest BCUT2D eigenvalue weighted by molar-refractivity contribution is 7.99. The van der Waals surface area contributed by atoms with Gasteiger partial charge in [0.05, 0.1) is 0 Å². The van der Waals surface area contributed by atoms with Crippen LogP contribution in [0.5, 0.6) is 0 Å². The molecule has 1 N–H and O–H groups in total. The highest BCUT2D eigenvalue weighted by atomic mass is 32.2. The molecule has 0 saturated carbocycles. The largest absolute Gasteiger partial charge is 0.322 e. The first-order chi connectivity index (χ1) is 12.8. The maximum atomic E-state index is 12.7. The fraction of sp³-hybridized carbons (Fsp3) is 0.409. The van der Waals surface area contributed by atoms with Crippen molar-refractivity contribution in [3.63, 3.8) is 0 Å². The molecule has 0 radical (unpaired) electrons. The molecule has 3 nitrogen and oxygen atoms in total. The lowest BCUT2D eigenvalue weighted by molar-refractivity contribution is 0.102. The number of hydrogen-bond donors (Lipinski definition) is 1. The number of benzene rings is 2. The summed E-state index contributed by atoms with van der Waals surface area (Å²) >= 11 is 1.90. The van der Waals surface area contributed by atoms with Gasteiger partial charge in [0.15, 0.2) is 0 Å². The van der Waals surface area contributed by atoms with Gasteiger partial charge >= 0.3 is 0 Å². The number of thioether (sulfide) groups is 1. The third-order valence-electron chi connectivity index (χ3n) is 5.21. The lowest BCUT2D eigenvalue weighted by Crippen LogP contribution is -2.29. The molecule has 2 aliphatic heterocycles. The summed E-state index contributed by atoms with van der Waals surface area (Å²) in [4.78, 5) is 16.5. The summed E-state index contributed by atoms with van der Waals surface area (Å²) in [5.41, 5.74) is 4.23. The summed E-state index contributed by atoms with van der Waals surface area (Å²) in [6.45, 7) is 3.34. The molecule has 2 aromatic rings. The fourth-order valence-corrected chi connectivity index (χ4v) is 4.85. The monoisotopic (exact) mass is 366 g/mol. The van der Waals surface area contributed by atoms with E-state index in [4.69, 9.17) is 0 Å². The van der Waals surface area contributed by atoms with E-state index in [0.29, 0.717) is 0 Å². The van der Waals surface area contributed by atoms with Crippen LogP contribution in [0.25, 0.3) is 0 Å². The van der Waals surface area contributed by atoms with Gasteiger partial charge in [-0.1, -0.05) is 18.6 Å². The molecule has 1 amide bonds. The van der Waals surface area contributed by atoms with Crippen molar-refractivity contribution in [1.29, 1.82) is 0 Å². The summed E-state index contributed by atoms with van der Waals surface area (Å²) in [6, 6.07) is 14.4. The van der Waals surface area contributed by atoms with Crippen LogP contribution in [0.3, 0.4) is 0 Å². The number of likely N-dealkylation sites (tertiary alicyclic amines) is 1. The number of hydrogen-bond acceptors (Lipinski definition) is 3. The number of nitrogens with zero attached hydrogens (tertiary/aromatic N) is 1. The van der Waals surface area contributed by atoms with Crippen LogP contribution in [0.4, 0.5) is 5.69 Å². The smallest absolute Gasteiger partial charge is 0.255 e. The minimum atomic E-state index is -0.0153. The van der Waals surface area contributed by atoms with E-state index in [-0.39, 0.29) is 5.91 Å². The van der Waals surface area contributed by atoms with Crippen molar-refractivity contribution in [2.75, 3.05) is 24.2 Å². The van der Waals surface area contributed by atoms with E-state index in [0.717, 1.165) is 24.2 Å². The van der Waals surface area contributed by atoms with E-state index >= 15 is 0 Å². The van der Waals surface area contributed by atoms with Crippen molar-refractivity contribution < 1.29 is 4.79 Å². The van der Waals surface area contributed by atoms with E-state index in [1.54, 1.807) is 0 Å². The van der Waals surface area contributed by atoms with E-state index in [1.807, 2.05) is 30.0 Å². The molecule has 4 heteroatoms. The number of aryl methyl sites for hydroxylation is 1. The van der Waals surface area contributed by atoms with Crippen LogP contribution in [0.15, 0.2) is 47.4 Å². The standard InChI is InChI=1S/C22H26N2OS/c25-22(19-9-10-21-18(15-19)7-5-13-26-21)23-20-8-4-6-17(14-20)16-24-11-2-1-3-12-24/h4,6,8-10,14-15H,1-3,5,7,11-13,16H2,(H,23,25). The molecule has 0 bridgehead atoms. The van der Waals surface area contributed by atoms with Crippen LogP contribution >= 0.6 is 11.8 Å². The van der Waals surface area contributed by atoms with Crippen LogP contribution in [-0.4, -0.2) is 29.6 Å². The van der Waals surface area contributed by atoms with E-state index < -0.39 is 0 Å². The van der Waals surface area contributed by atoms with Gasteiger partial charge in [0, 0.05) is 22.7 Å². The van der Waals surface area contributed by atoms with Crippen LogP contribution in [0, 0.1) is 0 Å². The van der Waals surface area contributed by atoms with E-state index in [1.165, 1.54) is 60.5 Å². The second-order valence-electron chi connectivity index (χ2n) is 7.27. The van der Waals surface area contributed by atoms with Gasteiger partial charge < -0.3 is 5.32 Å². The predicted octanol–water partition coefficient (Wildman–Crippen LogP) is 4.96. The molecule has 0 atom stereocenters. The van der Waals surface area contributed by atoms with Crippen molar-refractivity contribution in [3.05, 3.63) is 59.2 Å². The molecule has 26 heavy (non-hydrogen) atoms. The molecule has 2 aromatic carbocycles. The third-order valence-corrected chi connectivity index (χ3v) is 6.41. The van der Waals surface area contributed by atoms with E-state index in [9.17, 15) is 4.79 Å². The highest BCUT2D eigenvalue weighted by Gasteiger charge is 2.14. The number of amides is 1. The zero-order valence-corrected chi connectivity index (χ0v) is 16.0. The Bertz CT molecular complexity index is 783. The van der Waals surface area contributed by atoms with Gasteiger partial charge in [0.2, 0.25) is 0 Å². The number of nitrogens with one attached hydrogen (secondary N) is 1. The maximum Gasteiger partial charge on any atom is 0.255 e. The first-order valence-corrected chi connectivity index (χ1v) is 10.6. The Kier molecular flexibility index (Phi) is 5.61. The normalized spacial score (nSPS) is 17.5. The summed E-state index contributed by atoms with van der Waals surface area (Å²) in [5, 5.41) is 3.08. The quantitative estimate of drug-likeness (QED) is 0.830. The van der Waals surface area contributed by atoms with Crippen molar-refractivity contribution in [3.8, 4) is 0 Å². The lowest BCUT2D eigenvalue weighted by Gasteiger charge is -2.26. The minimum Gasteiger partial charge on any atom is -0.322 e. The number of carbonyl (C=O) groups is 1. The van der Waals surface area contributed by atoms with E-state index in [2.05, 4.69) is 34.5 Å². The number of carbonyl (C=O) groups excluding carboxylic acids is 1. The summed E-state index contributed by atoms with van der Waals surface area (Å²) in [6.07, 6.45) is 6.22. The first-order valence-electron chi connectivity index (χ1n) is 9.66. The number of anilines is 1. The van der Waals surface area contributed by atoms with Gasteiger partial charge in [-0.15, -0.1) is 11.8 Å². The molecule has 136 valence electrons. The number of fused-ring (bicyclic) bond motifs is 1. The van der Waals surface area contributed by atoms with Gasteiger partial charge in [-0.05, 0) is 86.0 Å². The SMILES string of the molecule is O=C(Nc1cccc(CN2CCCCC2)c1)c1ccc2c(c1)CCCS2. The minimum absolute atomic E-state index is 0.0153. The van der Waals surface area contributed by atoms with Crippen LogP contribution in [0.1, 0.15) is 47.2 Å². The van der Waals surface area contributed by atoms with Gasteiger partial charge in [0.25, 0.3) is 5.91 Å². The summed E-state index contributed by atoms with van der Waals surface area (Å²) < 4.78 is 0. The van der Waals surface area contributed by atoms with Gasteiger partial charge in [0.1, 0.15) is 0 Å². The topological polar surface area (TPSA) is 32.3 Å². The predicted molar refractivity (Wildman–Crippen MR) is 109 cm³/mol. The fourth-order valence-electron chi connectivity index (χ4n) is 3.83. The second kappa shape index (κ2) is 8.28. The Labute approximate surface area is 160 Å². The number of rotatable bonds is 4. The zero-order chi connectivity index (χ0) is 17.8. The van der Waals surface area contributed by atoms with Crippen LogP contribution in [0.2, 0.25) is 0 Å². The van der Waals surface area contributed by atoms with Crippen molar-refractivity contribution in [1.82, 2.24) is 4.90 Å². The molecule has 1 saturated heterocycles. The lowest BCUT2D eigenvalue weighted by atomic mass is 10.1. The molecule has 0 unspecified atom stereocenters.